The van der Waals surface area contributed by atoms with Gasteiger partial charge in [0.1, 0.15) is 12.1 Å². The Morgan fingerprint density at radius 2 is 1.70 bits per heavy atom. The van der Waals surface area contributed by atoms with Crippen molar-refractivity contribution in [2.24, 2.45) is 0 Å². The van der Waals surface area contributed by atoms with E-state index < -0.39 is 0 Å². The van der Waals surface area contributed by atoms with Crippen LogP contribution in [0.15, 0.2) is 79.1 Å². The first-order chi connectivity index (χ1) is 13.2. The minimum Gasteiger partial charge on any atom is -0.506 e. The van der Waals surface area contributed by atoms with Crippen LogP contribution in [0.25, 0.3) is 16.7 Å². The Bertz CT molecular complexity index is 1090. The molecule has 0 radical (unpaired) electrons. The number of fused-ring (bicyclic) bond motifs is 1. The first kappa shape index (κ1) is 16.7. The van der Waals surface area contributed by atoms with Crippen LogP contribution in [0.5, 0.6) is 5.75 Å². The highest BCUT2D eigenvalue weighted by Crippen LogP contribution is 2.21. The second kappa shape index (κ2) is 7.21. The Hall–Kier alpha value is -3.80. The molecule has 0 saturated carbocycles. The van der Waals surface area contributed by atoms with Gasteiger partial charge in [-0.3, -0.25) is 4.57 Å². The normalized spacial score (nSPS) is 10.7. The molecule has 1 heterocycles. The van der Waals surface area contributed by atoms with Gasteiger partial charge in [0.25, 0.3) is 0 Å². The molecule has 27 heavy (non-hydrogen) atoms. The molecule has 1 aromatic heterocycles. The third-order valence-electron chi connectivity index (χ3n) is 4.27. The number of nitrogens with one attached hydrogen (secondary N) is 2. The summed E-state index contributed by atoms with van der Waals surface area (Å²) in [6.07, 6.45) is 1.80. The number of amides is 2. The van der Waals surface area contributed by atoms with Gasteiger partial charge in [0.15, 0.2) is 0 Å². The predicted octanol–water partition coefficient (Wildman–Crippen LogP) is 4.05. The number of urea groups is 1. The fraction of sp³-hybridized carbons (Fsp3) is 0.0476. The molecule has 3 N–H and O–H groups in total. The second-order valence-corrected chi connectivity index (χ2v) is 6.09. The molecule has 0 fully saturated rings. The zero-order valence-electron chi connectivity index (χ0n) is 14.5. The lowest BCUT2D eigenvalue weighted by molar-refractivity contribution is 0.251. The number of aromatic nitrogens is 2. The number of carbonyl (C=O) groups excluding carboxylic acids is 1. The van der Waals surface area contributed by atoms with Gasteiger partial charge in [0, 0.05) is 12.2 Å². The number of para-hydroxylation sites is 4. The van der Waals surface area contributed by atoms with E-state index in [0.717, 1.165) is 22.3 Å². The van der Waals surface area contributed by atoms with Gasteiger partial charge in [0.2, 0.25) is 0 Å². The first-order valence-corrected chi connectivity index (χ1v) is 8.55. The maximum atomic E-state index is 12.0. The molecule has 0 aliphatic heterocycles. The highest BCUT2D eigenvalue weighted by molar-refractivity contribution is 5.90. The Kier molecular flexibility index (Phi) is 4.45. The summed E-state index contributed by atoms with van der Waals surface area (Å²) in [5.74, 6) is 0.0320. The van der Waals surface area contributed by atoms with Crippen LogP contribution in [-0.2, 0) is 6.54 Å². The molecular weight excluding hydrogens is 340 g/mol. The number of aromatic hydroxyl groups is 1. The molecule has 3 aromatic carbocycles. The first-order valence-electron chi connectivity index (χ1n) is 8.55. The van der Waals surface area contributed by atoms with E-state index in [4.69, 9.17) is 0 Å². The van der Waals surface area contributed by atoms with Crippen molar-refractivity contribution in [3.8, 4) is 11.4 Å². The van der Waals surface area contributed by atoms with E-state index >= 15 is 0 Å². The van der Waals surface area contributed by atoms with Crippen LogP contribution < -0.4 is 10.6 Å². The van der Waals surface area contributed by atoms with E-state index in [1.807, 2.05) is 53.1 Å². The minimum atomic E-state index is -0.374. The molecule has 134 valence electrons. The van der Waals surface area contributed by atoms with E-state index in [9.17, 15) is 9.90 Å². The lowest BCUT2D eigenvalue weighted by Crippen LogP contribution is -2.28. The van der Waals surface area contributed by atoms with Crippen LogP contribution in [0.4, 0.5) is 10.5 Å². The summed E-state index contributed by atoms with van der Waals surface area (Å²) in [6.45, 7) is 0.379. The van der Waals surface area contributed by atoms with Crippen molar-refractivity contribution in [2.45, 2.75) is 6.54 Å². The van der Waals surface area contributed by atoms with E-state index in [1.54, 1.807) is 24.5 Å². The zero-order valence-corrected chi connectivity index (χ0v) is 14.5. The number of nitrogens with zero attached hydrogens (tertiary/aromatic N) is 2. The SMILES string of the molecule is O=C(NCc1ccc(-n2cnc3ccccc32)cc1)Nc1ccccc1O. The molecular formula is C21H18N4O2. The van der Waals surface area contributed by atoms with Crippen molar-refractivity contribution < 1.29 is 9.90 Å². The summed E-state index contributed by atoms with van der Waals surface area (Å²) >= 11 is 0. The number of hydrogen-bond donors (Lipinski definition) is 3. The highest BCUT2D eigenvalue weighted by atomic mass is 16.3. The highest BCUT2D eigenvalue weighted by Gasteiger charge is 2.06. The summed E-state index contributed by atoms with van der Waals surface area (Å²) in [5.41, 5.74) is 4.34. The number of phenolic OH excluding ortho intramolecular Hbond substituents is 1. The van der Waals surface area contributed by atoms with Crippen molar-refractivity contribution in [1.82, 2.24) is 14.9 Å². The summed E-state index contributed by atoms with van der Waals surface area (Å²) in [6, 6.07) is 22.1. The van der Waals surface area contributed by atoms with E-state index in [1.165, 1.54) is 6.07 Å². The largest absolute Gasteiger partial charge is 0.506 e. The van der Waals surface area contributed by atoms with Crippen LogP contribution in [0.3, 0.4) is 0 Å². The number of anilines is 1. The Labute approximate surface area is 156 Å². The van der Waals surface area contributed by atoms with Crippen LogP contribution in [0.2, 0.25) is 0 Å². The van der Waals surface area contributed by atoms with Gasteiger partial charge >= 0.3 is 6.03 Å². The molecule has 0 aliphatic rings. The quantitative estimate of drug-likeness (QED) is 0.482. The van der Waals surface area contributed by atoms with Gasteiger partial charge in [-0.05, 0) is 42.0 Å². The molecule has 6 heteroatoms. The molecule has 0 spiro atoms. The number of rotatable bonds is 4. The third kappa shape index (κ3) is 3.59. The maximum absolute atomic E-state index is 12.0. The van der Waals surface area contributed by atoms with Gasteiger partial charge in [-0.1, -0.05) is 36.4 Å². The average Bonchev–Trinajstić information content (AvgIpc) is 3.13. The van der Waals surface area contributed by atoms with Crippen molar-refractivity contribution in [2.75, 3.05) is 5.32 Å². The number of benzene rings is 3. The summed E-state index contributed by atoms with van der Waals surface area (Å²) < 4.78 is 2.03. The van der Waals surface area contributed by atoms with Crippen molar-refractivity contribution in [1.29, 1.82) is 0 Å². The zero-order chi connectivity index (χ0) is 18.6. The maximum Gasteiger partial charge on any atom is 0.319 e. The fourth-order valence-electron chi connectivity index (χ4n) is 2.87. The third-order valence-corrected chi connectivity index (χ3v) is 4.27. The smallest absolute Gasteiger partial charge is 0.319 e. The lowest BCUT2D eigenvalue weighted by Gasteiger charge is -2.10. The summed E-state index contributed by atoms with van der Waals surface area (Å²) in [5, 5.41) is 15.1. The van der Waals surface area contributed by atoms with Crippen LogP contribution in [0, 0.1) is 0 Å². The van der Waals surface area contributed by atoms with Crippen LogP contribution >= 0.6 is 0 Å². The van der Waals surface area contributed by atoms with E-state index in [0.29, 0.717) is 12.2 Å². The minimum absolute atomic E-state index is 0.0320. The summed E-state index contributed by atoms with van der Waals surface area (Å²) in [4.78, 5) is 16.4. The number of carbonyl (C=O) groups is 1. The molecule has 0 unspecified atom stereocenters. The van der Waals surface area contributed by atoms with Gasteiger partial charge in [-0.25, -0.2) is 9.78 Å². The Morgan fingerprint density at radius 3 is 2.52 bits per heavy atom. The van der Waals surface area contributed by atoms with Crippen molar-refractivity contribution in [3.05, 3.63) is 84.7 Å². The number of phenols is 1. The van der Waals surface area contributed by atoms with Gasteiger partial charge < -0.3 is 15.7 Å². The van der Waals surface area contributed by atoms with Gasteiger partial charge in [0.05, 0.1) is 16.7 Å². The Morgan fingerprint density at radius 1 is 0.963 bits per heavy atom. The molecule has 2 amide bonds. The van der Waals surface area contributed by atoms with E-state index in [2.05, 4.69) is 15.6 Å². The topological polar surface area (TPSA) is 79.2 Å². The molecule has 0 aliphatic carbocycles. The average molecular weight is 358 g/mol. The van der Waals surface area contributed by atoms with Crippen LogP contribution in [0.1, 0.15) is 5.56 Å². The van der Waals surface area contributed by atoms with Gasteiger partial charge in [-0.15, -0.1) is 0 Å². The molecule has 6 nitrogen and oxygen atoms in total. The lowest BCUT2D eigenvalue weighted by atomic mass is 10.2. The molecule has 0 atom stereocenters. The molecule has 0 saturated heterocycles. The number of hydrogen-bond acceptors (Lipinski definition) is 3. The summed E-state index contributed by atoms with van der Waals surface area (Å²) in [7, 11) is 0. The molecule has 4 rings (SSSR count). The number of imidazole rings is 1. The van der Waals surface area contributed by atoms with E-state index in [-0.39, 0.29) is 11.8 Å². The fourth-order valence-corrected chi connectivity index (χ4v) is 2.87. The van der Waals surface area contributed by atoms with Gasteiger partial charge in [-0.2, -0.15) is 0 Å². The standard InChI is InChI=1S/C21H18N4O2/c26-20-8-4-2-6-18(20)24-21(27)22-13-15-9-11-16(12-10-15)25-14-23-17-5-1-3-7-19(17)25/h1-12,14,26H,13H2,(H2,22,24,27). The monoisotopic (exact) mass is 358 g/mol. The van der Waals surface area contributed by atoms with Crippen molar-refractivity contribution >= 4 is 22.8 Å². The van der Waals surface area contributed by atoms with Crippen molar-refractivity contribution in [3.63, 3.8) is 0 Å². The Balaban J connectivity index is 1.41. The predicted molar refractivity (Wildman–Crippen MR) is 105 cm³/mol. The molecule has 4 aromatic rings. The van der Waals surface area contributed by atoms with Crippen LogP contribution in [-0.4, -0.2) is 20.7 Å². The second-order valence-electron chi connectivity index (χ2n) is 6.09. The molecule has 0 bridgehead atoms.